The Morgan fingerprint density at radius 3 is 1.08 bits per heavy atom. The van der Waals surface area contributed by atoms with Crippen molar-refractivity contribution in [2.24, 2.45) is 10.8 Å². The number of para-hydroxylation sites is 2. The van der Waals surface area contributed by atoms with E-state index in [2.05, 4.69) is 27.7 Å². The van der Waals surface area contributed by atoms with Gasteiger partial charge in [-0.15, -0.1) is 0 Å². The van der Waals surface area contributed by atoms with Gasteiger partial charge in [0.2, 0.25) is 0 Å². The molecule has 0 aromatic heterocycles. The lowest BCUT2D eigenvalue weighted by Gasteiger charge is -2.44. The van der Waals surface area contributed by atoms with Crippen molar-refractivity contribution in [3.8, 4) is 22.3 Å². The van der Waals surface area contributed by atoms with Crippen molar-refractivity contribution in [2.45, 2.75) is 105 Å². The molecule has 49 heavy (non-hydrogen) atoms. The summed E-state index contributed by atoms with van der Waals surface area (Å²) in [5.74, 6) is 0. The zero-order chi connectivity index (χ0) is 49.3. The molecule has 1 nitrogen and oxygen atoms in total. The van der Waals surface area contributed by atoms with Crippen LogP contribution in [-0.4, -0.2) is 0 Å². The van der Waals surface area contributed by atoms with E-state index in [1.165, 1.54) is 12.1 Å². The summed E-state index contributed by atoms with van der Waals surface area (Å²) >= 11 is 0. The molecule has 0 amide bonds. The van der Waals surface area contributed by atoms with Crippen LogP contribution in [0.1, 0.15) is 127 Å². The molecular formula is C48H55N. The molecule has 7 rings (SSSR count). The van der Waals surface area contributed by atoms with Crippen molar-refractivity contribution in [1.82, 2.24) is 0 Å². The highest BCUT2D eigenvalue weighted by atomic mass is 15.1. The molecule has 0 spiro atoms. The lowest BCUT2D eigenvalue weighted by Crippen LogP contribution is -2.42. The number of nitrogens with zero attached hydrogens (tertiary/aromatic N) is 1. The fourth-order valence-electron chi connectivity index (χ4n) is 7.90. The summed E-state index contributed by atoms with van der Waals surface area (Å²) in [6.07, 6.45) is 0. The third-order valence-corrected chi connectivity index (χ3v) is 13.5. The summed E-state index contributed by atoms with van der Waals surface area (Å²) in [5, 5.41) is 0. The number of anilines is 3. The van der Waals surface area contributed by atoms with Crippen LogP contribution in [-0.2, 0) is 21.7 Å². The molecule has 0 fully saturated rings. The summed E-state index contributed by atoms with van der Waals surface area (Å²) in [5.41, 5.74) is -2.81. The Bertz CT molecular complexity index is 2710. The molecule has 0 aliphatic heterocycles. The smallest absolute Gasteiger partial charge is 0.0645 e. The second kappa shape index (κ2) is 10.7. The van der Waals surface area contributed by atoms with Crippen LogP contribution >= 0.6 is 0 Å². The van der Waals surface area contributed by atoms with E-state index in [1.54, 1.807) is 6.07 Å². The van der Waals surface area contributed by atoms with Crippen LogP contribution in [0.15, 0.2) is 115 Å². The van der Waals surface area contributed by atoms with E-state index in [9.17, 15) is 8.22 Å². The molecule has 0 radical (unpaired) electrons. The minimum absolute atomic E-state index is 0.0200. The van der Waals surface area contributed by atoms with Gasteiger partial charge in [0.1, 0.15) is 0 Å². The molecule has 5 aromatic rings. The molecule has 0 N–H and O–H groups in total. The van der Waals surface area contributed by atoms with E-state index < -0.39 is 104 Å². The van der Waals surface area contributed by atoms with Gasteiger partial charge in [-0.25, -0.2) is 0 Å². The van der Waals surface area contributed by atoms with Crippen LogP contribution in [0.25, 0.3) is 22.3 Å². The molecule has 0 unspecified atom stereocenters. The zero-order valence-corrected chi connectivity index (χ0v) is 30.7. The molecule has 0 saturated heterocycles. The van der Waals surface area contributed by atoms with Gasteiger partial charge in [-0.05, 0) is 119 Å². The first kappa shape index (κ1) is 19.3. The van der Waals surface area contributed by atoms with Crippen LogP contribution in [0.3, 0.4) is 0 Å². The first-order valence-electron chi connectivity index (χ1n) is 24.9. The van der Waals surface area contributed by atoms with E-state index in [0.717, 1.165) is 4.90 Å². The van der Waals surface area contributed by atoms with Gasteiger partial charge in [0, 0.05) is 17.1 Å². The highest BCUT2D eigenvalue weighted by molar-refractivity contribution is 5.85. The number of hydrogen-bond acceptors (Lipinski definition) is 1. The Morgan fingerprint density at radius 1 is 0.367 bits per heavy atom. The minimum Gasteiger partial charge on any atom is -0.310 e. The number of benzene rings is 5. The first-order valence-corrected chi connectivity index (χ1v) is 16.9. The van der Waals surface area contributed by atoms with Gasteiger partial charge in [0.25, 0.3) is 0 Å². The van der Waals surface area contributed by atoms with Gasteiger partial charge in [-0.1, -0.05) is 156 Å². The first-order chi connectivity index (χ1) is 29.5. The monoisotopic (exact) mass is 662 g/mol. The van der Waals surface area contributed by atoms with E-state index >= 15 is 0 Å². The van der Waals surface area contributed by atoms with Gasteiger partial charge in [0.05, 0.1) is 21.9 Å². The van der Waals surface area contributed by atoms with Crippen molar-refractivity contribution in [2.75, 3.05) is 4.90 Å². The molecule has 5 aromatic carbocycles. The normalized spacial score (nSPS) is 24.6. The van der Waals surface area contributed by atoms with Crippen molar-refractivity contribution < 1.29 is 21.9 Å². The van der Waals surface area contributed by atoms with Gasteiger partial charge < -0.3 is 4.90 Å². The van der Waals surface area contributed by atoms with Crippen molar-refractivity contribution in [1.29, 1.82) is 0 Å². The summed E-state index contributed by atoms with van der Waals surface area (Å²) in [6, 6.07) is -4.24. The van der Waals surface area contributed by atoms with Crippen LogP contribution in [0.4, 0.5) is 17.1 Å². The summed E-state index contributed by atoms with van der Waals surface area (Å²) in [7, 11) is 0. The average molecular weight is 662 g/mol. The maximum absolute atomic E-state index is 9.97. The third-order valence-electron chi connectivity index (χ3n) is 13.5. The van der Waals surface area contributed by atoms with Crippen LogP contribution in [0, 0.1) is 10.8 Å². The SMILES string of the molecule is [2H]c1c([2H])c([2H])c(N(c2cc(-c3c([2H])c([2H])c4c(c3[2H])C(C)(C)C(C)(C)C4(C)C)cc(-c3c([2H])c([2H])c4c(c3[2H])C(C)(C)C(C)(C)C4(C)C)c2)c2c([2H])c([2H])c([2H])c([2H])c2[2H])c([2H])c1[2H]. The number of hydrogen-bond donors (Lipinski definition) is 0. The Kier molecular flexibility index (Phi) is 4.22. The molecule has 1 heteroatoms. The van der Waals surface area contributed by atoms with Crippen molar-refractivity contribution in [3.63, 3.8) is 0 Å². The summed E-state index contributed by atoms with van der Waals surface area (Å²) < 4.78 is 146. The fourth-order valence-corrected chi connectivity index (χ4v) is 7.90. The Morgan fingerprint density at radius 2 is 0.714 bits per heavy atom. The lowest BCUT2D eigenvalue weighted by atomic mass is 9.59. The van der Waals surface area contributed by atoms with Crippen molar-refractivity contribution >= 4 is 17.1 Å². The van der Waals surface area contributed by atoms with Crippen LogP contribution in [0.2, 0.25) is 0 Å². The maximum Gasteiger partial charge on any atom is 0.0645 e. The molecule has 2 aliphatic rings. The summed E-state index contributed by atoms with van der Waals surface area (Å²) in [6.45, 7) is 24.2. The van der Waals surface area contributed by atoms with Gasteiger partial charge in [0.15, 0.2) is 0 Å². The largest absolute Gasteiger partial charge is 0.310 e. The lowest BCUT2D eigenvalue weighted by molar-refractivity contribution is 0.125. The Labute approximate surface area is 318 Å². The molecule has 0 heterocycles. The van der Waals surface area contributed by atoms with E-state index in [4.69, 9.17) is 13.7 Å². The highest BCUT2D eigenvalue weighted by Gasteiger charge is 2.57. The van der Waals surface area contributed by atoms with Gasteiger partial charge in [-0.2, -0.15) is 0 Å². The van der Waals surface area contributed by atoms with E-state index in [-0.39, 0.29) is 64.2 Å². The molecule has 252 valence electrons. The second-order valence-corrected chi connectivity index (χ2v) is 16.8. The topological polar surface area (TPSA) is 3.24 Å². The Balaban J connectivity index is 1.74. The molecule has 0 bridgehead atoms. The predicted octanol–water partition coefficient (Wildman–Crippen LogP) is 13.7. The highest BCUT2D eigenvalue weighted by Crippen LogP contribution is 2.63. The van der Waals surface area contributed by atoms with Crippen molar-refractivity contribution in [3.05, 3.63) is 137 Å². The van der Waals surface area contributed by atoms with E-state index in [1.807, 2.05) is 55.4 Å². The zero-order valence-electron chi connectivity index (χ0n) is 46.7. The third kappa shape index (κ3) is 4.57. The molecular weight excluding hydrogens is 591 g/mol. The van der Waals surface area contributed by atoms with Crippen LogP contribution in [0.5, 0.6) is 0 Å². The second-order valence-electron chi connectivity index (χ2n) is 16.8. The average Bonchev–Trinajstić information content (AvgIpc) is 3.40. The maximum atomic E-state index is 9.97. The number of fused-ring (bicyclic) bond motifs is 2. The molecule has 0 atom stereocenters. The Hall–Kier alpha value is -4.10. The minimum atomic E-state index is -0.770. The standard InChI is InChI=1S/C48H55N/c1-43(2)39-25-23-32(30-41(39)45(5,6)47(43,9)10)34-27-35(33-24-26-40-42(31-33)46(7,8)48(11,12)44(40,3)4)29-38(28-34)49(36-19-15-13-16-20-36)37-21-17-14-18-22-37/h13-31H,1-12H3/i13D,14D,15D,16D,17D,18D,19D,20D,21D,22D,23D,24D,25D,26D,30D,31D. The van der Waals surface area contributed by atoms with Crippen LogP contribution < -0.4 is 4.90 Å². The van der Waals surface area contributed by atoms with Gasteiger partial charge >= 0.3 is 0 Å². The predicted molar refractivity (Wildman–Crippen MR) is 212 cm³/mol. The molecule has 0 saturated carbocycles. The molecule has 2 aliphatic carbocycles. The van der Waals surface area contributed by atoms with E-state index in [0.29, 0.717) is 22.3 Å². The fraction of sp³-hybridized carbons (Fsp3) is 0.375. The van der Waals surface area contributed by atoms with Gasteiger partial charge in [-0.3, -0.25) is 0 Å². The quantitative estimate of drug-likeness (QED) is 0.181. The summed E-state index contributed by atoms with van der Waals surface area (Å²) in [4.78, 5) is 0.976. The number of rotatable bonds is 5.